The number of rotatable bonds is 0. The van der Waals surface area contributed by atoms with Crippen LogP contribution in [0.3, 0.4) is 0 Å². The molecule has 0 spiro atoms. The van der Waals surface area contributed by atoms with Crippen molar-refractivity contribution in [1.29, 1.82) is 0 Å². The van der Waals surface area contributed by atoms with Crippen LogP contribution in [-0.4, -0.2) is 0 Å². The van der Waals surface area contributed by atoms with Gasteiger partial charge in [-0.05, 0) is 42.0 Å². The average Bonchev–Trinajstić information content (AvgIpc) is 2.32. The predicted octanol–water partition coefficient (Wildman–Crippen LogP) is 3.88. The number of fused-ring (bicyclic) bond motifs is 1. The third-order valence-corrected chi connectivity index (χ3v) is 4.03. The summed E-state index contributed by atoms with van der Waals surface area (Å²) in [5, 5.41) is 0. The van der Waals surface area contributed by atoms with Crippen molar-refractivity contribution >= 4 is 12.4 Å². The van der Waals surface area contributed by atoms with Gasteiger partial charge in [-0.3, -0.25) is 0 Å². The molecule has 1 aliphatic carbocycles. The highest BCUT2D eigenvalue weighted by Gasteiger charge is 2.47. The molecule has 0 fully saturated rings. The molecule has 1 nitrogen and oxygen atoms in total. The number of hydrogen-bond acceptors (Lipinski definition) is 1. The summed E-state index contributed by atoms with van der Waals surface area (Å²) in [6.07, 6.45) is -3.59. The van der Waals surface area contributed by atoms with E-state index in [0.29, 0.717) is 12.0 Å². The highest BCUT2D eigenvalue weighted by Crippen LogP contribution is 2.49. The van der Waals surface area contributed by atoms with Crippen molar-refractivity contribution in [3.05, 3.63) is 34.9 Å². The zero-order valence-corrected chi connectivity index (χ0v) is 11.4. The zero-order chi connectivity index (χ0) is 13.1. The first kappa shape index (κ1) is 15.3. The lowest BCUT2D eigenvalue weighted by atomic mass is 9.75. The summed E-state index contributed by atoms with van der Waals surface area (Å²) >= 11 is 0. The number of halogens is 4. The standard InChI is InChI=1S/C13H16F3N.ClH/c1-11(2)7-8-4-5-9(13(14,15)16)6-10(8)12(11,3)17;/h4-6H,7,17H2,1-3H3;1H. The van der Waals surface area contributed by atoms with Gasteiger partial charge in [-0.2, -0.15) is 13.2 Å². The lowest BCUT2D eigenvalue weighted by Gasteiger charge is -2.35. The molecular formula is C13H17ClF3N. The second-order valence-electron chi connectivity index (χ2n) is 5.63. The summed E-state index contributed by atoms with van der Waals surface area (Å²) in [4.78, 5) is 0. The molecule has 1 aromatic rings. The van der Waals surface area contributed by atoms with Gasteiger partial charge in [0.05, 0.1) is 5.56 Å². The maximum atomic E-state index is 12.7. The fourth-order valence-electron chi connectivity index (χ4n) is 2.41. The van der Waals surface area contributed by atoms with Gasteiger partial charge in [-0.15, -0.1) is 12.4 Å². The minimum Gasteiger partial charge on any atom is -0.321 e. The molecule has 1 aliphatic rings. The molecule has 0 saturated carbocycles. The second-order valence-corrected chi connectivity index (χ2v) is 5.63. The molecule has 0 aliphatic heterocycles. The van der Waals surface area contributed by atoms with Gasteiger partial charge in [0, 0.05) is 5.54 Å². The molecule has 0 radical (unpaired) electrons. The quantitative estimate of drug-likeness (QED) is 0.766. The Kier molecular flexibility index (Phi) is 3.52. The molecule has 0 aromatic heterocycles. The van der Waals surface area contributed by atoms with Crippen molar-refractivity contribution in [3.63, 3.8) is 0 Å². The molecule has 18 heavy (non-hydrogen) atoms. The van der Waals surface area contributed by atoms with Crippen LogP contribution in [0.2, 0.25) is 0 Å². The van der Waals surface area contributed by atoms with E-state index in [-0.39, 0.29) is 17.8 Å². The van der Waals surface area contributed by atoms with Crippen molar-refractivity contribution in [2.24, 2.45) is 11.1 Å². The lowest BCUT2D eigenvalue weighted by molar-refractivity contribution is -0.137. The van der Waals surface area contributed by atoms with Crippen LogP contribution in [0.25, 0.3) is 0 Å². The Hall–Kier alpha value is -0.740. The van der Waals surface area contributed by atoms with Gasteiger partial charge in [-0.1, -0.05) is 19.9 Å². The summed E-state index contributed by atoms with van der Waals surface area (Å²) in [5.41, 5.74) is 6.20. The van der Waals surface area contributed by atoms with E-state index >= 15 is 0 Å². The van der Waals surface area contributed by atoms with Gasteiger partial charge in [-0.25, -0.2) is 0 Å². The van der Waals surface area contributed by atoms with Gasteiger partial charge in [0.25, 0.3) is 0 Å². The van der Waals surface area contributed by atoms with Crippen LogP contribution < -0.4 is 5.73 Å². The van der Waals surface area contributed by atoms with Crippen molar-refractivity contribution in [3.8, 4) is 0 Å². The first-order valence-electron chi connectivity index (χ1n) is 5.55. The average molecular weight is 280 g/mol. The second kappa shape index (κ2) is 4.14. The Balaban J connectivity index is 0.00000162. The fourth-order valence-corrected chi connectivity index (χ4v) is 2.41. The molecule has 1 atom stereocenters. The molecule has 0 heterocycles. The van der Waals surface area contributed by atoms with E-state index in [1.54, 1.807) is 13.0 Å². The van der Waals surface area contributed by atoms with Gasteiger partial charge >= 0.3 is 6.18 Å². The Labute approximate surface area is 111 Å². The van der Waals surface area contributed by atoms with E-state index in [9.17, 15) is 13.2 Å². The molecule has 5 heteroatoms. The van der Waals surface area contributed by atoms with Gasteiger partial charge < -0.3 is 5.73 Å². The van der Waals surface area contributed by atoms with Crippen molar-refractivity contribution in [1.82, 2.24) is 0 Å². The SMILES string of the molecule is CC1(C)Cc2ccc(C(F)(F)F)cc2C1(C)N.Cl. The molecule has 0 bridgehead atoms. The number of hydrogen-bond donors (Lipinski definition) is 1. The number of alkyl halides is 3. The Morgan fingerprint density at radius 1 is 1.17 bits per heavy atom. The van der Waals surface area contributed by atoms with Crippen LogP contribution in [0.15, 0.2) is 18.2 Å². The Bertz CT molecular complexity index is 464. The van der Waals surface area contributed by atoms with E-state index in [4.69, 9.17) is 5.73 Å². The van der Waals surface area contributed by atoms with Crippen LogP contribution in [0.4, 0.5) is 13.2 Å². The Morgan fingerprint density at radius 2 is 1.72 bits per heavy atom. The highest BCUT2D eigenvalue weighted by molar-refractivity contribution is 5.85. The minimum atomic E-state index is -4.31. The largest absolute Gasteiger partial charge is 0.416 e. The summed E-state index contributed by atoms with van der Waals surface area (Å²) in [6.45, 7) is 5.78. The molecule has 2 rings (SSSR count). The van der Waals surface area contributed by atoms with Gasteiger partial charge in [0.2, 0.25) is 0 Å². The van der Waals surface area contributed by atoms with Gasteiger partial charge in [0.1, 0.15) is 0 Å². The van der Waals surface area contributed by atoms with Crippen molar-refractivity contribution in [2.75, 3.05) is 0 Å². The molecule has 1 aromatic carbocycles. The van der Waals surface area contributed by atoms with Crippen LogP contribution in [0.1, 0.15) is 37.5 Å². The molecule has 102 valence electrons. The number of nitrogens with two attached hydrogens (primary N) is 1. The topological polar surface area (TPSA) is 26.0 Å². The smallest absolute Gasteiger partial charge is 0.321 e. The maximum Gasteiger partial charge on any atom is 0.416 e. The maximum absolute atomic E-state index is 12.7. The van der Waals surface area contributed by atoms with E-state index in [2.05, 4.69) is 0 Å². The van der Waals surface area contributed by atoms with E-state index in [0.717, 1.165) is 11.6 Å². The van der Waals surface area contributed by atoms with E-state index in [1.807, 2.05) is 13.8 Å². The predicted molar refractivity (Wildman–Crippen MR) is 67.7 cm³/mol. The normalized spacial score (nSPS) is 25.5. The van der Waals surface area contributed by atoms with Crippen molar-refractivity contribution < 1.29 is 13.2 Å². The van der Waals surface area contributed by atoms with E-state index < -0.39 is 17.3 Å². The van der Waals surface area contributed by atoms with Crippen LogP contribution >= 0.6 is 12.4 Å². The lowest BCUT2D eigenvalue weighted by Crippen LogP contribution is -2.44. The van der Waals surface area contributed by atoms with Crippen LogP contribution in [0.5, 0.6) is 0 Å². The summed E-state index contributed by atoms with van der Waals surface area (Å²) in [7, 11) is 0. The third-order valence-electron chi connectivity index (χ3n) is 4.03. The summed E-state index contributed by atoms with van der Waals surface area (Å²) in [6, 6.07) is 3.89. The van der Waals surface area contributed by atoms with Crippen LogP contribution in [-0.2, 0) is 18.1 Å². The summed E-state index contributed by atoms with van der Waals surface area (Å²) < 4.78 is 38.0. The molecule has 1 unspecified atom stereocenters. The molecule has 0 amide bonds. The van der Waals surface area contributed by atoms with Gasteiger partial charge in [0.15, 0.2) is 0 Å². The summed E-state index contributed by atoms with van der Waals surface area (Å²) in [5.74, 6) is 0. The molecular weight excluding hydrogens is 263 g/mol. The van der Waals surface area contributed by atoms with Crippen molar-refractivity contribution in [2.45, 2.75) is 38.9 Å². The van der Waals surface area contributed by atoms with E-state index in [1.165, 1.54) is 6.07 Å². The first-order valence-corrected chi connectivity index (χ1v) is 5.55. The fraction of sp³-hybridized carbons (Fsp3) is 0.538. The third kappa shape index (κ3) is 2.12. The first-order chi connectivity index (χ1) is 7.56. The monoisotopic (exact) mass is 279 g/mol. The Morgan fingerprint density at radius 3 is 2.22 bits per heavy atom. The van der Waals surface area contributed by atoms with Crippen LogP contribution in [0, 0.1) is 5.41 Å². The highest BCUT2D eigenvalue weighted by atomic mass is 35.5. The minimum absolute atomic E-state index is 0. The molecule has 0 saturated heterocycles. The number of benzene rings is 1. The molecule has 2 N–H and O–H groups in total. The zero-order valence-electron chi connectivity index (χ0n) is 10.6.